The van der Waals surface area contributed by atoms with Crippen molar-refractivity contribution in [2.75, 3.05) is 5.75 Å². The van der Waals surface area contributed by atoms with Crippen LogP contribution in [0.3, 0.4) is 0 Å². The maximum Gasteiger partial charge on any atom is 0.277 e. The van der Waals surface area contributed by atoms with E-state index in [1.54, 1.807) is 24.5 Å². The first-order valence-corrected chi connectivity index (χ1v) is 10.6. The molecule has 0 spiro atoms. The molecule has 7 heteroatoms. The van der Waals surface area contributed by atoms with E-state index in [4.69, 9.17) is 4.42 Å². The fourth-order valence-corrected chi connectivity index (χ4v) is 4.25. The van der Waals surface area contributed by atoms with Gasteiger partial charge < -0.3 is 8.98 Å². The molecule has 1 aromatic carbocycles. The Balaban J connectivity index is 1.51. The Morgan fingerprint density at radius 3 is 2.40 bits per heavy atom. The number of hydrogen-bond donors (Lipinski definition) is 0. The summed E-state index contributed by atoms with van der Waals surface area (Å²) in [4.78, 5) is 16.9. The number of hydrogen-bond acceptors (Lipinski definition) is 6. The van der Waals surface area contributed by atoms with Crippen LogP contribution in [0.2, 0.25) is 0 Å². The number of aromatic nitrogens is 4. The van der Waals surface area contributed by atoms with E-state index in [9.17, 15) is 4.79 Å². The molecule has 6 nitrogen and oxygen atoms in total. The van der Waals surface area contributed by atoms with E-state index in [1.165, 1.54) is 22.9 Å². The molecule has 0 radical (unpaired) electrons. The maximum absolute atomic E-state index is 12.9. The first-order valence-electron chi connectivity index (χ1n) is 9.60. The van der Waals surface area contributed by atoms with E-state index in [1.807, 2.05) is 19.9 Å². The molecule has 0 saturated heterocycles. The van der Waals surface area contributed by atoms with Crippen molar-refractivity contribution in [3.05, 3.63) is 76.9 Å². The van der Waals surface area contributed by atoms with Crippen molar-refractivity contribution >= 4 is 17.5 Å². The van der Waals surface area contributed by atoms with Crippen LogP contribution in [-0.2, 0) is 0 Å². The van der Waals surface area contributed by atoms with E-state index in [0.29, 0.717) is 16.7 Å². The molecule has 3 aromatic heterocycles. The molecule has 0 bridgehead atoms. The predicted octanol–water partition coefficient (Wildman–Crippen LogP) is 5.13. The molecule has 0 aliphatic rings. The normalized spacial score (nSPS) is 11.1. The Morgan fingerprint density at radius 1 is 1.00 bits per heavy atom. The predicted molar refractivity (Wildman–Crippen MR) is 117 cm³/mol. The fraction of sp³-hybridized carbons (Fsp3) is 0.217. The number of rotatable bonds is 6. The molecule has 0 unspecified atom stereocenters. The van der Waals surface area contributed by atoms with E-state index in [2.05, 4.69) is 51.8 Å². The molecule has 0 atom stereocenters. The zero-order valence-electron chi connectivity index (χ0n) is 17.3. The number of carbonyl (C=O) groups excluding carboxylic acids is 1. The number of pyridine rings is 1. The summed E-state index contributed by atoms with van der Waals surface area (Å²) >= 11 is 1.25. The second-order valence-electron chi connectivity index (χ2n) is 7.29. The van der Waals surface area contributed by atoms with Gasteiger partial charge in [-0.2, -0.15) is 0 Å². The minimum Gasteiger partial charge on any atom is -0.411 e. The Labute approximate surface area is 179 Å². The largest absolute Gasteiger partial charge is 0.411 e. The Morgan fingerprint density at radius 2 is 1.70 bits per heavy atom. The van der Waals surface area contributed by atoms with Crippen molar-refractivity contribution in [1.29, 1.82) is 0 Å². The van der Waals surface area contributed by atoms with Gasteiger partial charge in [-0.05, 0) is 69.2 Å². The van der Waals surface area contributed by atoms with Gasteiger partial charge in [0.1, 0.15) is 0 Å². The smallest absolute Gasteiger partial charge is 0.277 e. The minimum absolute atomic E-state index is 0.0346. The van der Waals surface area contributed by atoms with Crippen LogP contribution in [0.4, 0.5) is 0 Å². The van der Waals surface area contributed by atoms with Crippen LogP contribution in [0, 0.1) is 27.7 Å². The number of Topliss-reactive ketones (excluding diaryl/α,β-unsaturated/α-hetero) is 1. The Hall–Kier alpha value is -3.19. The van der Waals surface area contributed by atoms with Crippen LogP contribution in [0.15, 0.2) is 58.4 Å². The zero-order valence-corrected chi connectivity index (χ0v) is 18.2. The average Bonchev–Trinajstić information content (AvgIpc) is 3.30. The second kappa shape index (κ2) is 8.28. The van der Waals surface area contributed by atoms with Gasteiger partial charge >= 0.3 is 0 Å². The van der Waals surface area contributed by atoms with Crippen molar-refractivity contribution in [1.82, 2.24) is 19.7 Å². The SMILES string of the molecule is Cc1cc(C)cc(-n2c(C)cc(C(=O)CSc3nnc(-c4ccncc4)o3)c2C)c1. The third-order valence-corrected chi connectivity index (χ3v) is 5.68. The van der Waals surface area contributed by atoms with Gasteiger partial charge in [-0.3, -0.25) is 9.78 Å². The monoisotopic (exact) mass is 418 g/mol. The molecule has 0 amide bonds. The third-order valence-electron chi connectivity index (χ3n) is 4.86. The lowest BCUT2D eigenvalue weighted by Gasteiger charge is -2.12. The molecule has 0 aliphatic carbocycles. The number of nitrogens with zero attached hydrogens (tertiary/aromatic N) is 4. The van der Waals surface area contributed by atoms with Crippen molar-refractivity contribution in [2.45, 2.75) is 32.9 Å². The van der Waals surface area contributed by atoms with Gasteiger partial charge in [0.2, 0.25) is 5.89 Å². The lowest BCUT2D eigenvalue weighted by atomic mass is 10.1. The lowest BCUT2D eigenvalue weighted by Crippen LogP contribution is -2.06. The van der Waals surface area contributed by atoms with Crippen molar-refractivity contribution in [3.63, 3.8) is 0 Å². The third kappa shape index (κ3) is 4.07. The van der Waals surface area contributed by atoms with Crippen LogP contribution >= 0.6 is 11.8 Å². The molecule has 0 N–H and O–H groups in total. The van der Waals surface area contributed by atoms with Crippen LogP contribution in [0.25, 0.3) is 17.1 Å². The number of ketones is 1. The second-order valence-corrected chi connectivity index (χ2v) is 8.21. The van der Waals surface area contributed by atoms with Crippen molar-refractivity contribution in [2.24, 2.45) is 0 Å². The summed E-state index contributed by atoms with van der Waals surface area (Å²) < 4.78 is 7.80. The average molecular weight is 419 g/mol. The standard InChI is InChI=1S/C23H22N4O2S/c1-14-9-15(2)11-19(10-14)27-16(3)12-20(17(27)4)21(28)13-30-23-26-25-22(29-23)18-5-7-24-8-6-18/h5-12H,13H2,1-4H3. The van der Waals surface area contributed by atoms with Gasteiger partial charge in [-0.25, -0.2) is 0 Å². The van der Waals surface area contributed by atoms with Gasteiger partial charge in [-0.15, -0.1) is 10.2 Å². The summed E-state index contributed by atoms with van der Waals surface area (Å²) in [7, 11) is 0. The summed E-state index contributed by atoms with van der Waals surface area (Å²) in [6.07, 6.45) is 3.34. The van der Waals surface area contributed by atoms with Gasteiger partial charge in [0.15, 0.2) is 5.78 Å². The molecular weight excluding hydrogens is 396 g/mol. The van der Waals surface area contributed by atoms with Crippen LogP contribution < -0.4 is 0 Å². The maximum atomic E-state index is 12.9. The quantitative estimate of drug-likeness (QED) is 0.319. The molecule has 4 aromatic rings. The highest BCUT2D eigenvalue weighted by atomic mass is 32.2. The molecule has 3 heterocycles. The highest BCUT2D eigenvalue weighted by molar-refractivity contribution is 7.99. The summed E-state index contributed by atoms with van der Waals surface area (Å²) in [5.41, 5.74) is 6.95. The highest BCUT2D eigenvalue weighted by Crippen LogP contribution is 2.26. The molecule has 0 aliphatic heterocycles. The number of carbonyl (C=O) groups is 1. The minimum atomic E-state index is 0.0346. The fourth-order valence-electron chi connectivity index (χ4n) is 3.61. The first-order chi connectivity index (χ1) is 14.4. The number of aryl methyl sites for hydroxylation is 3. The van der Waals surface area contributed by atoms with E-state index in [0.717, 1.165) is 22.6 Å². The summed E-state index contributed by atoms with van der Waals surface area (Å²) in [5, 5.41) is 8.46. The van der Waals surface area contributed by atoms with E-state index in [-0.39, 0.29) is 11.5 Å². The summed E-state index contributed by atoms with van der Waals surface area (Å²) in [5.74, 6) is 0.683. The summed E-state index contributed by atoms with van der Waals surface area (Å²) in [6, 6.07) is 12.0. The van der Waals surface area contributed by atoms with Crippen molar-refractivity contribution < 1.29 is 9.21 Å². The molecular formula is C23H22N4O2S. The van der Waals surface area contributed by atoms with Crippen LogP contribution in [-0.4, -0.2) is 31.3 Å². The Bertz CT molecular complexity index is 1190. The van der Waals surface area contributed by atoms with Crippen molar-refractivity contribution in [3.8, 4) is 17.1 Å². The number of thioether (sulfide) groups is 1. The van der Waals surface area contributed by atoms with Gasteiger partial charge in [0.05, 0.1) is 5.75 Å². The van der Waals surface area contributed by atoms with E-state index < -0.39 is 0 Å². The first kappa shape index (κ1) is 20.1. The zero-order chi connectivity index (χ0) is 21.3. The molecule has 4 rings (SSSR count). The van der Waals surface area contributed by atoms with Gasteiger partial charge in [-0.1, -0.05) is 17.8 Å². The van der Waals surface area contributed by atoms with E-state index >= 15 is 0 Å². The van der Waals surface area contributed by atoms with Crippen LogP contribution in [0.1, 0.15) is 32.9 Å². The van der Waals surface area contributed by atoms with Crippen LogP contribution in [0.5, 0.6) is 0 Å². The Kier molecular flexibility index (Phi) is 5.55. The molecule has 152 valence electrons. The molecule has 0 fully saturated rings. The topological polar surface area (TPSA) is 73.8 Å². The van der Waals surface area contributed by atoms with Gasteiger partial charge in [0.25, 0.3) is 5.22 Å². The molecule has 30 heavy (non-hydrogen) atoms. The number of benzene rings is 1. The van der Waals surface area contributed by atoms with Gasteiger partial charge in [0, 0.05) is 40.6 Å². The molecule has 0 saturated carbocycles. The highest BCUT2D eigenvalue weighted by Gasteiger charge is 2.18. The lowest BCUT2D eigenvalue weighted by molar-refractivity contribution is 0.102. The summed E-state index contributed by atoms with van der Waals surface area (Å²) in [6.45, 7) is 8.17.